The van der Waals surface area contributed by atoms with E-state index in [-0.39, 0.29) is 5.92 Å². The average molecular weight is 372 g/mol. The molecule has 3 N–H and O–H groups in total. The van der Waals surface area contributed by atoms with Gasteiger partial charge in [-0.3, -0.25) is 5.10 Å². The standard InChI is InChI=1S/C19H15Cl2N3O/c1-10-15-17(13-4-2-3-5-14(13)21)16(11-6-8-12(20)9-7-11)18(22)25-19(15)24-23-10/h2-9,17H,22H2,1H3,(H,23,24). The lowest BCUT2D eigenvalue weighted by Gasteiger charge is -2.28. The molecule has 0 fully saturated rings. The van der Waals surface area contributed by atoms with Crippen molar-refractivity contribution in [3.05, 3.63) is 86.8 Å². The van der Waals surface area contributed by atoms with Crippen LogP contribution in [0.5, 0.6) is 5.88 Å². The molecule has 0 amide bonds. The van der Waals surface area contributed by atoms with Gasteiger partial charge in [-0.1, -0.05) is 53.5 Å². The monoisotopic (exact) mass is 371 g/mol. The second-order valence-corrected chi connectivity index (χ2v) is 6.75. The molecule has 2 heterocycles. The highest BCUT2D eigenvalue weighted by Gasteiger charge is 2.35. The summed E-state index contributed by atoms with van der Waals surface area (Å²) >= 11 is 12.6. The molecule has 0 saturated heterocycles. The number of allylic oxidation sites excluding steroid dienone is 1. The van der Waals surface area contributed by atoms with Crippen molar-refractivity contribution in [1.29, 1.82) is 0 Å². The van der Waals surface area contributed by atoms with Crippen LogP contribution in [-0.2, 0) is 0 Å². The van der Waals surface area contributed by atoms with Gasteiger partial charge >= 0.3 is 0 Å². The number of hydrogen-bond donors (Lipinski definition) is 2. The van der Waals surface area contributed by atoms with Gasteiger partial charge in [0, 0.05) is 32.8 Å². The number of rotatable bonds is 2. The van der Waals surface area contributed by atoms with Crippen molar-refractivity contribution >= 4 is 28.8 Å². The van der Waals surface area contributed by atoms with Gasteiger partial charge in [-0.15, -0.1) is 5.10 Å². The largest absolute Gasteiger partial charge is 0.421 e. The number of nitrogens with two attached hydrogens (primary N) is 1. The zero-order chi connectivity index (χ0) is 17.6. The van der Waals surface area contributed by atoms with Gasteiger partial charge < -0.3 is 10.5 Å². The minimum Gasteiger partial charge on any atom is -0.421 e. The number of hydrogen-bond acceptors (Lipinski definition) is 3. The second-order valence-electron chi connectivity index (χ2n) is 5.91. The van der Waals surface area contributed by atoms with Crippen LogP contribution in [0, 0.1) is 6.92 Å². The van der Waals surface area contributed by atoms with Gasteiger partial charge in [-0.25, -0.2) is 0 Å². The zero-order valence-corrected chi connectivity index (χ0v) is 14.9. The third-order valence-corrected chi connectivity index (χ3v) is 4.98. The number of nitrogens with zero attached hydrogens (tertiary/aromatic N) is 1. The van der Waals surface area contributed by atoms with Gasteiger partial charge in [0.2, 0.25) is 5.88 Å². The van der Waals surface area contributed by atoms with E-state index in [1.54, 1.807) is 0 Å². The molecule has 6 heteroatoms. The lowest BCUT2D eigenvalue weighted by atomic mass is 9.80. The summed E-state index contributed by atoms with van der Waals surface area (Å²) in [6, 6.07) is 15.3. The number of nitrogens with one attached hydrogen (secondary N) is 1. The molecule has 0 aliphatic carbocycles. The quantitative estimate of drug-likeness (QED) is 0.674. The Bertz CT molecular complexity index is 977. The Morgan fingerprint density at radius 2 is 1.80 bits per heavy atom. The maximum atomic E-state index is 6.51. The zero-order valence-electron chi connectivity index (χ0n) is 13.4. The summed E-state index contributed by atoms with van der Waals surface area (Å²) in [6.45, 7) is 1.96. The van der Waals surface area contributed by atoms with Gasteiger partial charge in [-0.05, 0) is 36.2 Å². The molecule has 1 unspecified atom stereocenters. The number of aryl methyl sites for hydroxylation is 1. The molecule has 2 aromatic carbocycles. The third-order valence-electron chi connectivity index (χ3n) is 4.38. The number of benzene rings is 2. The smallest absolute Gasteiger partial charge is 0.244 e. The molecule has 0 radical (unpaired) electrons. The van der Waals surface area contributed by atoms with Crippen molar-refractivity contribution in [3.8, 4) is 5.88 Å². The Kier molecular flexibility index (Phi) is 3.94. The first-order chi connectivity index (χ1) is 12.1. The summed E-state index contributed by atoms with van der Waals surface area (Å²) < 4.78 is 5.78. The summed E-state index contributed by atoms with van der Waals surface area (Å²) in [5.74, 6) is 0.612. The highest BCUT2D eigenvalue weighted by molar-refractivity contribution is 6.31. The van der Waals surface area contributed by atoms with E-state index in [9.17, 15) is 0 Å². The fourth-order valence-electron chi connectivity index (χ4n) is 3.24. The van der Waals surface area contributed by atoms with E-state index in [0.717, 1.165) is 28.0 Å². The SMILES string of the molecule is Cc1[nH]nc2c1C(c1ccccc1Cl)C(c1ccc(Cl)cc1)=C(N)O2. The Hall–Kier alpha value is -2.43. The van der Waals surface area contributed by atoms with E-state index in [0.29, 0.717) is 21.8 Å². The summed E-state index contributed by atoms with van der Waals surface area (Å²) in [7, 11) is 0. The van der Waals surface area contributed by atoms with Crippen LogP contribution in [-0.4, -0.2) is 10.2 Å². The topological polar surface area (TPSA) is 63.9 Å². The van der Waals surface area contributed by atoms with Gasteiger partial charge in [0.15, 0.2) is 5.88 Å². The van der Waals surface area contributed by atoms with Crippen LogP contribution < -0.4 is 10.5 Å². The van der Waals surface area contributed by atoms with Crippen LogP contribution in [0.4, 0.5) is 0 Å². The van der Waals surface area contributed by atoms with Gasteiger partial charge in [0.1, 0.15) is 0 Å². The molecular formula is C19H15Cl2N3O. The fourth-order valence-corrected chi connectivity index (χ4v) is 3.61. The number of ether oxygens (including phenoxy) is 1. The first-order valence-electron chi connectivity index (χ1n) is 7.79. The average Bonchev–Trinajstić information content (AvgIpc) is 2.96. The predicted octanol–water partition coefficient (Wildman–Crippen LogP) is 4.88. The molecular weight excluding hydrogens is 357 g/mol. The number of aromatic nitrogens is 2. The fraction of sp³-hybridized carbons (Fsp3) is 0.105. The molecule has 25 heavy (non-hydrogen) atoms. The molecule has 126 valence electrons. The lowest BCUT2D eigenvalue weighted by molar-refractivity contribution is 0.389. The Morgan fingerprint density at radius 1 is 1.08 bits per heavy atom. The number of fused-ring (bicyclic) bond motifs is 1. The number of aromatic amines is 1. The van der Waals surface area contributed by atoms with Crippen molar-refractivity contribution in [1.82, 2.24) is 10.2 Å². The van der Waals surface area contributed by atoms with E-state index in [2.05, 4.69) is 10.2 Å². The Morgan fingerprint density at radius 3 is 2.52 bits per heavy atom. The maximum absolute atomic E-state index is 6.51. The van der Waals surface area contributed by atoms with Crippen molar-refractivity contribution < 1.29 is 4.74 Å². The molecule has 4 nitrogen and oxygen atoms in total. The minimum atomic E-state index is -0.183. The first kappa shape index (κ1) is 16.1. The van der Waals surface area contributed by atoms with E-state index in [4.69, 9.17) is 33.7 Å². The van der Waals surface area contributed by atoms with Gasteiger partial charge in [0.05, 0.1) is 0 Å². The minimum absolute atomic E-state index is 0.183. The number of halogens is 2. The molecule has 0 bridgehead atoms. The summed E-state index contributed by atoms with van der Waals surface area (Å²) in [4.78, 5) is 0. The van der Waals surface area contributed by atoms with Crippen molar-refractivity contribution in [2.45, 2.75) is 12.8 Å². The maximum Gasteiger partial charge on any atom is 0.244 e. The van der Waals surface area contributed by atoms with E-state index < -0.39 is 0 Å². The molecule has 3 aromatic rings. The second kappa shape index (κ2) is 6.14. The molecule has 1 aliphatic heterocycles. The van der Waals surface area contributed by atoms with Gasteiger partial charge in [-0.2, -0.15) is 0 Å². The summed E-state index contributed by atoms with van der Waals surface area (Å²) in [5.41, 5.74) is 10.9. The molecule has 1 atom stereocenters. The first-order valence-corrected chi connectivity index (χ1v) is 8.54. The predicted molar refractivity (Wildman–Crippen MR) is 99.8 cm³/mol. The molecule has 1 aromatic heterocycles. The third kappa shape index (κ3) is 2.68. The van der Waals surface area contributed by atoms with E-state index in [1.807, 2.05) is 55.5 Å². The van der Waals surface area contributed by atoms with Crippen LogP contribution in [0.15, 0.2) is 54.4 Å². The lowest BCUT2D eigenvalue weighted by Crippen LogP contribution is -2.21. The van der Waals surface area contributed by atoms with Crippen LogP contribution >= 0.6 is 23.2 Å². The highest BCUT2D eigenvalue weighted by atomic mass is 35.5. The van der Waals surface area contributed by atoms with Crippen molar-refractivity contribution in [2.24, 2.45) is 5.73 Å². The van der Waals surface area contributed by atoms with Crippen LogP contribution in [0.2, 0.25) is 10.0 Å². The van der Waals surface area contributed by atoms with E-state index in [1.165, 1.54) is 0 Å². The molecule has 0 spiro atoms. The Balaban J connectivity index is 1.98. The van der Waals surface area contributed by atoms with E-state index >= 15 is 0 Å². The molecule has 4 rings (SSSR count). The van der Waals surface area contributed by atoms with Gasteiger partial charge in [0.25, 0.3) is 0 Å². The number of H-pyrrole nitrogens is 1. The van der Waals surface area contributed by atoms with Crippen LogP contribution in [0.1, 0.15) is 28.3 Å². The van der Waals surface area contributed by atoms with Crippen LogP contribution in [0.25, 0.3) is 5.57 Å². The van der Waals surface area contributed by atoms with Crippen LogP contribution in [0.3, 0.4) is 0 Å². The van der Waals surface area contributed by atoms with Crippen molar-refractivity contribution in [3.63, 3.8) is 0 Å². The normalized spacial score (nSPS) is 16.5. The van der Waals surface area contributed by atoms with Crippen molar-refractivity contribution in [2.75, 3.05) is 0 Å². The summed E-state index contributed by atoms with van der Waals surface area (Å²) in [6.07, 6.45) is 0. The Labute approximate surface area is 155 Å². The molecule has 0 saturated carbocycles. The molecule has 1 aliphatic rings. The summed E-state index contributed by atoms with van der Waals surface area (Å²) in [5, 5.41) is 8.54. The highest BCUT2D eigenvalue weighted by Crippen LogP contribution is 2.48.